The second kappa shape index (κ2) is 9.40. The van der Waals surface area contributed by atoms with Gasteiger partial charge in [0.05, 0.1) is 0 Å². The Balaban J connectivity index is 2.40. The van der Waals surface area contributed by atoms with Gasteiger partial charge in [0.25, 0.3) is 5.91 Å². The summed E-state index contributed by atoms with van der Waals surface area (Å²) in [5, 5.41) is 6.28. The van der Waals surface area contributed by atoms with Crippen molar-refractivity contribution in [1.82, 2.24) is 10.6 Å². The number of rotatable bonds is 9. The molecule has 21 heavy (non-hydrogen) atoms. The van der Waals surface area contributed by atoms with Gasteiger partial charge in [0.15, 0.2) is 6.61 Å². The summed E-state index contributed by atoms with van der Waals surface area (Å²) in [7, 11) is 0. The molecule has 1 rings (SSSR count). The Kier molecular flexibility index (Phi) is 7.83. The Morgan fingerprint density at radius 3 is 2.71 bits per heavy atom. The van der Waals surface area contributed by atoms with Crippen LogP contribution in [0.15, 0.2) is 24.3 Å². The van der Waals surface area contributed by atoms with Gasteiger partial charge >= 0.3 is 0 Å². The van der Waals surface area contributed by atoms with Gasteiger partial charge in [0.2, 0.25) is 0 Å². The summed E-state index contributed by atoms with van der Waals surface area (Å²) < 4.78 is 5.54. The maximum Gasteiger partial charge on any atom is 0.258 e. The van der Waals surface area contributed by atoms with Crippen LogP contribution in [0.25, 0.3) is 0 Å². The smallest absolute Gasteiger partial charge is 0.258 e. The first-order valence-corrected chi connectivity index (χ1v) is 7.73. The van der Waals surface area contributed by atoms with E-state index in [0.29, 0.717) is 5.92 Å². The molecule has 1 amide bonds. The van der Waals surface area contributed by atoms with Gasteiger partial charge in [-0.25, -0.2) is 0 Å². The summed E-state index contributed by atoms with van der Waals surface area (Å²) in [6.45, 7) is 10.3. The lowest BCUT2D eigenvalue weighted by Gasteiger charge is -2.13. The number of carbonyl (C=O) groups excluding carboxylic acids is 1. The quantitative estimate of drug-likeness (QED) is 0.736. The van der Waals surface area contributed by atoms with Crippen LogP contribution in [0.5, 0.6) is 5.75 Å². The molecule has 1 unspecified atom stereocenters. The standard InChI is InChI=1S/C17H28N2O2/c1-5-14(4)19-17(20)12-21-16-8-6-7-15(9-16)11-18-10-13(2)3/h6-9,13-14,18H,5,10-12H2,1-4H3,(H,19,20). The Labute approximate surface area is 128 Å². The molecular weight excluding hydrogens is 264 g/mol. The largest absolute Gasteiger partial charge is 0.484 e. The van der Waals surface area contributed by atoms with E-state index in [9.17, 15) is 4.79 Å². The van der Waals surface area contributed by atoms with Crippen molar-refractivity contribution in [2.24, 2.45) is 5.92 Å². The molecule has 4 nitrogen and oxygen atoms in total. The first-order valence-electron chi connectivity index (χ1n) is 7.73. The van der Waals surface area contributed by atoms with E-state index in [-0.39, 0.29) is 18.6 Å². The van der Waals surface area contributed by atoms with E-state index in [4.69, 9.17) is 4.74 Å². The molecule has 0 saturated heterocycles. The van der Waals surface area contributed by atoms with E-state index in [1.165, 1.54) is 0 Å². The van der Waals surface area contributed by atoms with Crippen molar-refractivity contribution in [1.29, 1.82) is 0 Å². The Morgan fingerprint density at radius 2 is 2.05 bits per heavy atom. The van der Waals surface area contributed by atoms with Crippen LogP contribution in [0, 0.1) is 5.92 Å². The first-order chi connectivity index (χ1) is 10.0. The highest BCUT2D eigenvalue weighted by molar-refractivity contribution is 5.77. The third-order valence-electron chi connectivity index (χ3n) is 3.17. The second-order valence-corrected chi connectivity index (χ2v) is 5.84. The van der Waals surface area contributed by atoms with E-state index < -0.39 is 0 Å². The van der Waals surface area contributed by atoms with Crippen LogP contribution in [0.3, 0.4) is 0 Å². The van der Waals surface area contributed by atoms with E-state index in [0.717, 1.165) is 30.8 Å². The van der Waals surface area contributed by atoms with Crippen molar-refractivity contribution in [2.75, 3.05) is 13.2 Å². The molecule has 0 aliphatic carbocycles. The van der Waals surface area contributed by atoms with Gasteiger partial charge in [-0.15, -0.1) is 0 Å². The minimum Gasteiger partial charge on any atom is -0.484 e. The van der Waals surface area contributed by atoms with Crippen molar-refractivity contribution in [3.05, 3.63) is 29.8 Å². The molecule has 1 atom stereocenters. The SMILES string of the molecule is CCC(C)NC(=O)COc1cccc(CNCC(C)C)c1. The van der Waals surface area contributed by atoms with Crippen LogP contribution in [0.4, 0.5) is 0 Å². The number of hydrogen-bond donors (Lipinski definition) is 2. The van der Waals surface area contributed by atoms with Crippen molar-refractivity contribution in [3.63, 3.8) is 0 Å². The summed E-state index contributed by atoms with van der Waals surface area (Å²) in [5.74, 6) is 1.29. The van der Waals surface area contributed by atoms with E-state index in [2.05, 4.69) is 30.5 Å². The minimum atomic E-state index is -0.0762. The summed E-state index contributed by atoms with van der Waals surface area (Å²) >= 11 is 0. The molecule has 118 valence electrons. The highest BCUT2D eigenvalue weighted by Crippen LogP contribution is 2.13. The summed E-state index contributed by atoms with van der Waals surface area (Å²) in [6, 6.07) is 8.05. The average Bonchev–Trinajstić information content (AvgIpc) is 2.45. The van der Waals surface area contributed by atoms with Crippen molar-refractivity contribution in [3.8, 4) is 5.75 Å². The third kappa shape index (κ3) is 7.71. The zero-order valence-corrected chi connectivity index (χ0v) is 13.6. The molecule has 0 bridgehead atoms. The van der Waals surface area contributed by atoms with Crippen LogP contribution < -0.4 is 15.4 Å². The molecular formula is C17H28N2O2. The van der Waals surface area contributed by atoms with E-state index >= 15 is 0 Å². The predicted molar refractivity (Wildman–Crippen MR) is 86.4 cm³/mol. The molecule has 1 aromatic carbocycles. The molecule has 0 saturated carbocycles. The topological polar surface area (TPSA) is 50.4 Å². The Bertz CT molecular complexity index is 433. The molecule has 0 aliphatic heterocycles. The number of carbonyl (C=O) groups is 1. The average molecular weight is 292 g/mol. The fraction of sp³-hybridized carbons (Fsp3) is 0.588. The van der Waals surface area contributed by atoms with Crippen LogP contribution in [0.1, 0.15) is 39.7 Å². The van der Waals surface area contributed by atoms with Gasteiger partial charge in [0.1, 0.15) is 5.75 Å². The maximum atomic E-state index is 11.7. The molecule has 0 aliphatic rings. The first kappa shape index (κ1) is 17.5. The lowest BCUT2D eigenvalue weighted by Crippen LogP contribution is -2.35. The van der Waals surface area contributed by atoms with E-state index in [1.807, 2.05) is 32.0 Å². The van der Waals surface area contributed by atoms with Crippen molar-refractivity contribution in [2.45, 2.75) is 46.7 Å². The predicted octanol–water partition coefficient (Wildman–Crippen LogP) is 2.73. The summed E-state index contributed by atoms with van der Waals surface area (Å²) in [6.07, 6.45) is 0.919. The molecule has 4 heteroatoms. The zero-order valence-electron chi connectivity index (χ0n) is 13.6. The minimum absolute atomic E-state index is 0.0627. The number of amides is 1. The van der Waals surface area contributed by atoms with Gasteiger partial charge in [-0.3, -0.25) is 4.79 Å². The Hall–Kier alpha value is -1.55. The fourth-order valence-corrected chi connectivity index (χ4v) is 1.82. The van der Waals surface area contributed by atoms with Gasteiger partial charge in [-0.1, -0.05) is 32.9 Å². The monoisotopic (exact) mass is 292 g/mol. The molecule has 1 aromatic rings. The number of benzene rings is 1. The van der Waals surface area contributed by atoms with Gasteiger partial charge in [-0.05, 0) is 43.5 Å². The molecule has 0 aromatic heterocycles. The Morgan fingerprint density at radius 1 is 1.29 bits per heavy atom. The van der Waals surface area contributed by atoms with Gasteiger partial charge < -0.3 is 15.4 Å². The lowest BCUT2D eigenvalue weighted by atomic mass is 10.2. The molecule has 0 fully saturated rings. The van der Waals surface area contributed by atoms with Gasteiger partial charge in [-0.2, -0.15) is 0 Å². The molecule has 2 N–H and O–H groups in total. The van der Waals surface area contributed by atoms with Crippen molar-refractivity contribution < 1.29 is 9.53 Å². The van der Waals surface area contributed by atoms with Crippen LogP contribution in [-0.4, -0.2) is 25.1 Å². The zero-order chi connectivity index (χ0) is 15.7. The number of hydrogen-bond acceptors (Lipinski definition) is 3. The number of ether oxygens (including phenoxy) is 1. The molecule has 0 radical (unpaired) electrons. The van der Waals surface area contributed by atoms with E-state index in [1.54, 1.807) is 0 Å². The van der Waals surface area contributed by atoms with Crippen LogP contribution in [0.2, 0.25) is 0 Å². The highest BCUT2D eigenvalue weighted by atomic mass is 16.5. The van der Waals surface area contributed by atoms with Crippen molar-refractivity contribution >= 4 is 5.91 Å². The molecule has 0 heterocycles. The molecule has 0 spiro atoms. The second-order valence-electron chi connectivity index (χ2n) is 5.84. The third-order valence-corrected chi connectivity index (χ3v) is 3.17. The fourth-order valence-electron chi connectivity index (χ4n) is 1.82. The summed E-state index contributed by atoms with van der Waals surface area (Å²) in [4.78, 5) is 11.7. The lowest BCUT2D eigenvalue weighted by molar-refractivity contribution is -0.123. The number of nitrogens with one attached hydrogen (secondary N) is 2. The maximum absolute atomic E-state index is 11.7. The van der Waals surface area contributed by atoms with Gasteiger partial charge in [0, 0.05) is 12.6 Å². The normalized spacial score (nSPS) is 12.2. The summed E-state index contributed by atoms with van der Waals surface area (Å²) in [5.41, 5.74) is 1.16. The van der Waals surface area contributed by atoms with Crippen LogP contribution >= 0.6 is 0 Å². The highest BCUT2D eigenvalue weighted by Gasteiger charge is 2.06. The van der Waals surface area contributed by atoms with Crippen LogP contribution in [-0.2, 0) is 11.3 Å².